The molecule has 2 aromatic heterocycles. The highest BCUT2D eigenvalue weighted by molar-refractivity contribution is 5.75. The monoisotopic (exact) mass is 904 g/mol. The van der Waals surface area contributed by atoms with Crippen molar-refractivity contribution in [1.29, 1.82) is 0 Å². The van der Waals surface area contributed by atoms with Crippen LogP contribution in [0.2, 0.25) is 0 Å². The van der Waals surface area contributed by atoms with Crippen molar-refractivity contribution in [3.05, 3.63) is 191 Å². The van der Waals surface area contributed by atoms with Gasteiger partial charge in [0.2, 0.25) is 35.7 Å². The van der Waals surface area contributed by atoms with E-state index in [1.807, 2.05) is 84.9 Å². The summed E-state index contributed by atoms with van der Waals surface area (Å²) in [6.07, 6.45) is 4.27. The Labute approximate surface area is 398 Å². The molecule has 2 heterocycles. The molecule has 8 aromatic rings. The molecule has 344 valence electrons. The van der Waals surface area contributed by atoms with Gasteiger partial charge in [-0.15, -0.1) is 0 Å². The van der Waals surface area contributed by atoms with Crippen molar-refractivity contribution in [2.75, 3.05) is 71.6 Å². The lowest BCUT2D eigenvalue weighted by atomic mass is 10.0. The summed E-state index contributed by atoms with van der Waals surface area (Å²) in [5, 5.41) is 13.5. The number of aromatic nitrogens is 6. The molecule has 0 saturated carbocycles. The largest absolute Gasteiger partial charge is 0.383 e. The third kappa shape index (κ3) is 12.8. The number of aryl methyl sites for hydroxylation is 2. The summed E-state index contributed by atoms with van der Waals surface area (Å²) in [4.78, 5) is 33.3. The summed E-state index contributed by atoms with van der Waals surface area (Å²) in [6, 6.07) is 53.3. The van der Waals surface area contributed by atoms with Gasteiger partial charge in [-0.05, 0) is 95.8 Å². The standard InChI is InChI=1S/C54H56N12O2/c1-39-35-45(57-51-59-49(55-31-33-67-3)61-53(63-51)65(47-21-13-7-14-22-47)37-41-17-9-5-10-18-41)29-27-43(39)25-26-44-28-30-46(36-40(44)2)58-52-60-50(56-32-34-68-4)62-54(64-52)66(48-23-15-8-16-24-48)38-42-19-11-6-12-20-42/h5-30,35-36H,31-34,37-38H2,1-4H3,(H2,55,57,59,61,63)(H2,56,58,60,62,64). The molecule has 4 N–H and O–H groups in total. The molecule has 0 aliphatic rings. The average molecular weight is 905 g/mol. The van der Waals surface area contributed by atoms with Crippen LogP contribution >= 0.6 is 0 Å². The number of hydrogen-bond acceptors (Lipinski definition) is 14. The normalized spacial score (nSPS) is 11.1. The summed E-state index contributed by atoms with van der Waals surface area (Å²) in [7, 11) is 3.34. The highest BCUT2D eigenvalue weighted by Crippen LogP contribution is 2.30. The fourth-order valence-electron chi connectivity index (χ4n) is 7.39. The predicted octanol–water partition coefficient (Wildman–Crippen LogP) is 11.1. The first kappa shape index (κ1) is 46.3. The van der Waals surface area contributed by atoms with Gasteiger partial charge in [0, 0.05) is 50.1 Å². The van der Waals surface area contributed by atoms with E-state index >= 15 is 0 Å². The Morgan fingerprint density at radius 2 is 0.809 bits per heavy atom. The zero-order chi connectivity index (χ0) is 46.9. The minimum absolute atomic E-state index is 0.420. The number of rotatable bonds is 22. The zero-order valence-electron chi connectivity index (χ0n) is 38.8. The van der Waals surface area contributed by atoms with E-state index in [1.165, 1.54) is 0 Å². The van der Waals surface area contributed by atoms with Crippen molar-refractivity contribution in [2.24, 2.45) is 0 Å². The molecule has 8 rings (SSSR count). The SMILES string of the molecule is COCCNc1nc(Nc2ccc(C=Cc3ccc(Nc4nc(NCCOC)nc(N(Cc5ccccc5)c5ccccc5)n4)cc3C)c(C)c2)nc(N(Cc2ccccc2)c2ccccc2)n1. The number of nitrogens with zero attached hydrogens (tertiary/aromatic N) is 8. The van der Waals surface area contributed by atoms with E-state index in [0.717, 1.165) is 56.1 Å². The number of anilines is 10. The second-order valence-electron chi connectivity index (χ2n) is 15.9. The van der Waals surface area contributed by atoms with Crippen molar-refractivity contribution in [3.8, 4) is 0 Å². The van der Waals surface area contributed by atoms with E-state index in [2.05, 4.69) is 130 Å². The Bertz CT molecular complexity index is 2680. The van der Waals surface area contributed by atoms with Crippen LogP contribution in [0.4, 0.5) is 58.4 Å². The van der Waals surface area contributed by atoms with Gasteiger partial charge in [0.1, 0.15) is 0 Å². The van der Waals surface area contributed by atoms with Crippen LogP contribution in [0.3, 0.4) is 0 Å². The molecule has 0 radical (unpaired) electrons. The maximum atomic E-state index is 5.29. The Morgan fingerprint density at radius 1 is 0.441 bits per heavy atom. The second kappa shape index (κ2) is 23.3. The van der Waals surface area contributed by atoms with E-state index in [1.54, 1.807) is 14.2 Å². The average Bonchev–Trinajstić information content (AvgIpc) is 3.36. The quantitative estimate of drug-likeness (QED) is 0.0377. The lowest BCUT2D eigenvalue weighted by molar-refractivity contribution is 0.210. The van der Waals surface area contributed by atoms with E-state index in [4.69, 9.17) is 39.4 Å². The van der Waals surface area contributed by atoms with E-state index in [-0.39, 0.29) is 0 Å². The molecule has 0 saturated heterocycles. The Morgan fingerprint density at radius 3 is 1.18 bits per heavy atom. The molecule has 6 aromatic carbocycles. The summed E-state index contributed by atoms with van der Waals surface area (Å²) in [5.41, 5.74) is 10.2. The van der Waals surface area contributed by atoms with Crippen molar-refractivity contribution in [3.63, 3.8) is 0 Å². The summed E-state index contributed by atoms with van der Waals surface area (Å²) < 4.78 is 10.6. The first-order valence-corrected chi connectivity index (χ1v) is 22.5. The summed E-state index contributed by atoms with van der Waals surface area (Å²) in [5.74, 6) is 2.76. The molecule has 0 fully saturated rings. The molecule has 0 amide bonds. The first-order chi connectivity index (χ1) is 33.4. The van der Waals surface area contributed by atoms with Crippen molar-refractivity contribution < 1.29 is 9.47 Å². The molecule has 14 nitrogen and oxygen atoms in total. The predicted molar refractivity (Wildman–Crippen MR) is 276 cm³/mol. The lowest BCUT2D eigenvalue weighted by Crippen LogP contribution is -2.21. The third-order valence-electron chi connectivity index (χ3n) is 10.9. The number of methoxy groups -OCH3 is 2. The van der Waals surface area contributed by atoms with Crippen LogP contribution in [0.15, 0.2) is 158 Å². The Balaban J connectivity index is 0.999. The molecule has 68 heavy (non-hydrogen) atoms. The van der Waals surface area contributed by atoms with Crippen LogP contribution in [-0.4, -0.2) is 70.4 Å². The minimum atomic E-state index is 0.420. The van der Waals surface area contributed by atoms with E-state index in [9.17, 15) is 0 Å². The molecule has 0 spiro atoms. The molecule has 0 aliphatic carbocycles. The van der Waals surface area contributed by atoms with Gasteiger partial charge in [0.15, 0.2) is 0 Å². The van der Waals surface area contributed by atoms with Crippen molar-refractivity contribution in [1.82, 2.24) is 29.9 Å². The zero-order valence-corrected chi connectivity index (χ0v) is 38.8. The Kier molecular flexibility index (Phi) is 15.9. The third-order valence-corrected chi connectivity index (χ3v) is 10.9. The summed E-state index contributed by atoms with van der Waals surface area (Å²) in [6.45, 7) is 7.43. The molecular formula is C54H56N12O2. The van der Waals surface area contributed by atoms with Crippen molar-refractivity contribution in [2.45, 2.75) is 26.9 Å². The van der Waals surface area contributed by atoms with E-state index in [0.29, 0.717) is 75.1 Å². The molecule has 0 atom stereocenters. The number of nitrogens with one attached hydrogen (secondary N) is 4. The molecule has 0 bridgehead atoms. The summed E-state index contributed by atoms with van der Waals surface area (Å²) >= 11 is 0. The van der Waals surface area contributed by atoms with E-state index < -0.39 is 0 Å². The number of para-hydroxylation sites is 2. The molecule has 0 unspecified atom stereocenters. The van der Waals surface area contributed by atoms with Gasteiger partial charge in [0.05, 0.1) is 26.3 Å². The van der Waals surface area contributed by atoms with Crippen molar-refractivity contribution >= 4 is 70.6 Å². The van der Waals surface area contributed by atoms with Crippen LogP contribution < -0.4 is 31.1 Å². The first-order valence-electron chi connectivity index (χ1n) is 22.5. The van der Waals surface area contributed by atoms with Gasteiger partial charge in [0.25, 0.3) is 0 Å². The second-order valence-corrected chi connectivity index (χ2v) is 15.9. The van der Waals surface area contributed by atoms with Gasteiger partial charge >= 0.3 is 0 Å². The van der Waals surface area contributed by atoms with Crippen LogP contribution in [0.1, 0.15) is 33.4 Å². The molecule has 0 aliphatic heterocycles. The van der Waals surface area contributed by atoms with Gasteiger partial charge in [-0.25, -0.2) is 0 Å². The number of ether oxygens (including phenoxy) is 2. The van der Waals surface area contributed by atoms with Crippen LogP contribution in [0.5, 0.6) is 0 Å². The molecular weight excluding hydrogens is 849 g/mol. The maximum absolute atomic E-state index is 5.29. The fourth-order valence-corrected chi connectivity index (χ4v) is 7.39. The van der Waals surface area contributed by atoms with Crippen LogP contribution in [-0.2, 0) is 22.6 Å². The molecule has 14 heteroatoms. The topological polar surface area (TPSA) is 150 Å². The van der Waals surface area contributed by atoms with Gasteiger partial charge in [-0.3, -0.25) is 0 Å². The van der Waals surface area contributed by atoms with Gasteiger partial charge in [-0.2, -0.15) is 29.9 Å². The smallest absolute Gasteiger partial charge is 0.236 e. The number of hydrogen-bond donors (Lipinski definition) is 4. The fraction of sp³-hybridized carbons (Fsp3) is 0.185. The highest BCUT2D eigenvalue weighted by Gasteiger charge is 2.19. The van der Waals surface area contributed by atoms with Gasteiger partial charge in [-0.1, -0.05) is 121 Å². The lowest BCUT2D eigenvalue weighted by Gasteiger charge is -2.24. The van der Waals surface area contributed by atoms with Gasteiger partial charge < -0.3 is 40.5 Å². The minimum Gasteiger partial charge on any atom is -0.383 e. The number of benzene rings is 6. The Hall–Kier alpha value is -8.20. The maximum Gasteiger partial charge on any atom is 0.236 e. The highest BCUT2D eigenvalue weighted by atomic mass is 16.5. The van der Waals surface area contributed by atoms with Crippen LogP contribution in [0, 0.1) is 13.8 Å². The van der Waals surface area contributed by atoms with Crippen LogP contribution in [0.25, 0.3) is 12.2 Å².